The van der Waals surface area contributed by atoms with Crippen LogP contribution >= 0.6 is 11.6 Å². The van der Waals surface area contributed by atoms with Gasteiger partial charge in [0.1, 0.15) is 0 Å². The monoisotopic (exact) mass is 200 g/mol. The van der Waals surface area contributed by atoms with Gasteiger partial charge in [-0.25, -0.2) is 0 Å². The lowest BCUT2D eigenvalue weighted by Crippen LogP contribution is -2.19. The Kier molecular flexibility index (Phi) is 4.11. The van der Waals surface area contributed by atoms with Crippen LogP contribution in [0, 0.1) is 5.41 Å². The van der Waals surface area contributed by atoms with Crippen molar-refractivity contribution >= 4 is 11.6 Å². The number of hydrogen-bond acceptors (Lipinski definition) is 0. The number of halogens is 4. The molecule has 0 radical (unpaired) electrons. The number of allylic oxidation sites excluding steroid dienone is 1. The first kappa shape index (κ1) is 11.8. The van der Waals surface area contributed by atoms with Crippen LogP contribution in [0.5, 0.6) is 0 Å². The van der Waals surface area contributed by atoms with Crippen molar-refractivity contribution in [2.45, 2.75) is 25.9 Å². The second-order valence-corrected chi connectivity index (χ2v) is 3.37. The standard InChI is InChI=1S/C8H12ClF3/c1-3-7(2,6-9)4-5-8(10,11)12/h3H,1,4-6H2,2H3. The fraction of sp³-hybridized carbons (Fsp3) is 0.750. The minimum atomic E-state index is -4.10. The van der Waals surface area contributed by atoms with Gasteiger partial charge in [-0.2, -0.15) is 13.2 Å². The van der Waals surface area contributed by atoms with E-state index in [0.717, 1.165) is 0 Å². The lowest BCUT2D eigenvalue weighted by molar-refractivity contribution is -0.138. The molecule has 12 heavy (non-hydrogen) atoms. The van der Waals surface area contributed by atoms with Gasteiger partial charge in [0.25, 0.3) is 0 Å². The zero-order chi connectivity index (χ0) is 9.83. The van der Waals surface area contributed by atoms with Crippen molar-refractivity contribution in [2.24, 2.45) is 5.41 Å². The lowest BCUT2D eigenvalue weighted by Gasteiger charge is -2.22. The van der Waals surface area contributed by atoms with Crippen LogP contribution in [0.15, 0.2) is 12.7 Å². The van der Waals surface area contributed by atoms with E-state index in [1.54, 1.807) is 6.92 Å². The molecule has 0 aromatic carbocycles. The van der Waals surface area contributed by atoms with E-state index in [1.165, 1.54) is 6.08 Å². The normalized spacial score (nSPS) is 17.1. The number of hydrogen-bond donors (Lipinski definition) is 0. The van der Waals surface area contributed by atoms with Crippen molar-refractivity contribution in [3.05, 3.63) is 12.7 Å². The second-order valence-electron chi connectivity index (χ2n) is 3.11. The molecule has 0 aromatic rings. The SMILES string of the molecule is C=CC(C)(CCl)CCC(F)(F)F. The molecule has 0 aromatic heterocycles. The van der Waals surface area contributed by atoms with Crippen molar-refractivity contribution < 1.29 is 13.2 Å². The summed E-state index contributed by atoms with van der Waals surface area (Å²) in [6, 6.07) is 0. The van der Waals surface area contributed by atoms with Gasteiger partial charge in [-0.3, -0.25) is 0 Å². The van der Waals surface area contributed by atoms with E-state index in [1.807, 2.05) is 0 Å². The van der Waals surface area contributed by atoms with E-state index in [9.17, 15) is 13.2 Å². The van der Waals surface area contributed by atoms with Gasteiger partial charge in [0, 0.05) is 12.3 Å². The van der Waals surface area contributed by atoms with E-state index < -0.39 is 18.0 Å². The molecule has 0 amide bonds. The van der Waals surface area contributed by atoms with Crippen molar-refractivity contribution in [1.82, 2.24) is 0 Å². The topological polar surface area (TPSA) is 0 Å². The summed E-state index contributed by atoms with van der Waals surface area (Å²) in [6.07, 6.45) is -3.42. The summed E-state index contributed by atoms with van der Waals surface area (Å²) in [6.45, 7) is 5.12. The Balaban J connectivity index is 3.98. The molecule has 1 atom stereocenters. The third kappa shape index (κ3) is 4.65. The summed E-state index contributed by atoms with van der Waals surface area (Å²) in [4.78, 5) is 0. The summed E-state index contributed by atoms with van der Waals surface area (Å²) in [5, 5.41) is 0. The first-order valence-electron chi connectivity index (χ1n) is 3.59. The maximum absolute atomic E-state index is 11.8. The van der Waals surface area contributed by atoms with Gasteiger partial charge < -0.3 is 0 Å². The molecule has 0 fully saturated rings. The molecule has 0 aliphatic heterocycles. The molecule has 0 spiro atoms. The first-order chi connectivity index (χ1) is 5.33. The minimum Gasteiger partial charge on any atom is -0.171 e. The van der Waals surface area contributed by atoms with Crippen LogP contribution in [0.4, 0.5) is 13.2 Å². The average molecular weight is 201 g/mol. The fourth-order valence-corrected chi connectivity index (χ4v) is 0.893. The Morgan fingerprint density at radius 1 is 1.33 bits per heavy atom. The van der Waals surface area contributed by atoms with Crippen LogP contribution in [0.1, 0.15) is 19.8 Å². The maximum atomic E-state index is 11.8. The molecular weight excluding hydrogens is 189 g/mol. The summed E-state index contributed by atoms with van der Waals surface area (Å²) in [5.74, 6) is 0.173. The van der Waals surface area contributed by atoms with Crippen molar-refractivity contribution in [3.8, 4) is 0 Å². The Morgan fingerprint density at radius 2 is 1.83 bits per heavy atom. The predicted molar refractivity (Wildman–Crippen MR) is 44.3 cm³/mol. The van der Waals surface area contributed by atoms with Gasteiger partial charge >= 0.3 is 6.18 Å². The Bertz CT molecular complexity index is 153. The van der Waals surface area contributed by atoms with E-state index in [-0.39, 0.29) is 12.3 Å². The van der Waals surface area contributed by atoms with E-state index in [2.05, 4.69) is 6.58 Å². The number of alkyl halides is 4. The van der Waals surface area contributed by atoms with E-state index in [4.69, 9.17) is 11.6 Å². The fourth-order valence-electron chi connectivity index (χ4n) is 0.651. The van der Waals surface area contributed by atoms with Crippen molar-refractivity contribution in [1.29, 1.82) is 0 Å². The molecule has 0 aliphatic carbocycles. The highest BCUT2D eigenvalue weighted by Gasteiger charge is 2.31. The average Bonchev–Trinajstić information content (AvgIpc) is 1.99. The van der Waals surface area contributed by atoms with E-state index >= 15 is 0 Å². The van der Waals surface area contributed by atoms with Crippen LogP contribution in [0.2, 0.25) is 0 Å². The Labute approximate surface area is 75.4 Å². The molecule has 4 heteroatoms. The van der Waals surface area contributed by atoms with Crippen LogP contribution in [0.3, 0.4) is 0 Å². The number of rotatable bonds is 4. The molecule has 72 valence electrons. The summed E-state index contributed by atoms with van der Waals surface area (Å²) < 4.78 is 35.3. The molecular formula is C8H12ClF3. The Hall–Kier alpha value is -0.180. The first-order valence-corrected chi connectivity index (χ1v) is 4.13. The van der Waals surface area contributed by atoms with Gasteiger partial charge in [-0.15, -0.1) is 18.2 Å². The molecule has 0 bridgehead atoms. The van der Waals surface area contributed by atoms with Gasteiger partial charge in [0.05, 0.1) is 0 Å². The maximum Gasteiger partial charge on any atom is 0.389 e. The molecule has 0 rings (SSSR count). The third-order valence-corrected chi connectivity index (χ3v) is 2.39. The quantitative estimate of drug-likeness (QED) is 0.479. The molecule has 0 saturated carbocycles. The van der Waals surface area contributed by atoms with Crippen LogP contribution < -0.4 is 0 Å². The summed E-state index contributed by atoms with van der Waals surface area (Å²) in [7, 11) is 0. The molecule has 0 N–H and O–H groups in total. The van der Waals surface area contributed by atoms with E-state index in [0.29, 0.717) is 0 Å². The highest BCUT2D eigenvalue weighted by Crippen LogP contribution is 2.32. The molecule has 0 saturated heterocycles. The van der Waals surface area contributed by atoms with Gasteiger partial charge in [0.15, 0.2) is 0 Å². The summed E-state index contributed by atoms with van der Waals surface area (Å²) >= 11 is 5.50. The van der Waals surface area contributed by atoms with Crippen LogP contribution in [-0.2, 0) is 0 Å². The molecule has 0 aliphatic rings. The van der Waals surface area contributed by atoms with Crippen LogP contribution in [0.25, 0.3) is 0 Å². The third-order valence-electron chi connectivity index (χ3n) is 1.78. The van der Waals surface area contributed by atoms with Gasteiger partial charge in [-0.1, -0.05) is 13.0 Å². The zero-order valence-electron chi connectivity index (χ0n) is 6.92. The highest BCUT2D eigenvalue weighted by molar-refractivity contribution is 6.18. The summed E-state index contributed by atoms with van der Waals surface area (Å²) in [5.41, 5.74) is -0.600. The van der Waals surface area contributed by atoms with Gasteiger partial charge in [0.2, 0.25) is 0 Å². The Morgan fingerprint density at radius 3 is 2.08 bits per heavy atom. The van der Waals surface area contributed by atoms with Crippen molar-refractivity contribution in [2.75, 3.05) is 5.88 Å². The predicted octanol–water partition coefficient (Wildman–Crippen LogP) is 3.76. The second kappa shape index (κ2) is 4.17. The molecule has 1 unspecified atom stereocenters. The molecule has 0 heterocycles. The van der Waals surface area contributed by atoms with Crippen molar-refractivity contribution in [3.63, 3.8) is 0 Å². The minimum absolute atomic E-state index is 0.00347. The largest absolute Gasteiger partial charge is 0.389 e. The van der Waals surface area contributed by atoms with Gasteiger partial charge in [-0.05, 0) is 11.8 Å². The van der Waals surface area contributed by atoms with Crippen LogP contribution in [-0.4, -0.2) is 12.1 Å². The molecule has 0 nitrogen and oxygen atoms in total. The zero-order valence-corrected chi connectivity index (χ0v) is 7.67. The lowest BCUT2D eigenvalue weighted by atomic mass is 9.88. The smallest absolute Gasteiger partial charge is 0.171 e. The highest BCUT2D eigenvalue weighted by atomic mass is 35.5.